The van der Waals surface area contributed by atoms with Crippen LogP contribution in [-0.4, -0.2) is 38.0 Å². The largest absolute Gasteiger partial charge is 0.333 e. The Morgan fingerprint density at radius 3 is 2.43 bits per heavy atom. The molecule has 0 unspecified atom stereocenters. The summed E-state index contributed by atoms with van der Waals surface area (Å²) in [6.45, 7) is 0. The summed E-state index contributed by atoms with van der Waals surface area (Å²) in [5.74, 6) is -5.19. The minimum absolute atomic E-state index is 0.0664. The van der Waals surface area contributed by atoms with Crippen molar-refractivity contribution in [3.63, 3.8) is 0 Å². The fourth-order valence-electron chi connectivity index (χ4n) is 2.78. The average molecular weight is 584 g/mol. The number of nitrogens with one attached hydrogen (secondary N) is 2. The third kappa shape index (κ3) is 4.86. The Kier molecular flexibility index (Phi) is 6.56. The average Bonchev–Trinajstić information content (AvgIpc) is 3.22. The first-order valence-corrected chi connectivity index (χ1v) is 14.0. The molecule has 9 nitrogen and oxygen atoms in total. The molecular weight excluding hydrogens is 574 g/mol. The fourth-order valence-corrected chi connectivity index (χ4v) is 6.34. The zero-order valence-electron chi connectivity index (χ0n) is 17.0. The van der Waals surface area contributed by atoms with E-state index in [1.165, 1.54) is 12.1 Å². The summed E-state index contributed by atoms with van der Waals surface area (Å²) >= 11 is 12.4. The third-order valence-electron chi connectivity index (χ3n) is 4.34. The molecule has 2 heterocycles. The second kappa shape index (κ2) is 9.05. The number of hydrogen-bond acceptors (Lipinski definition) is 9. The highest BCUT2D eigenvalue weighted by Gasteiger charge is 2.26. The monoisotopic (exact) mass is 583 g/mol. The zero-order valence-corrected chi connectivity index (χ0v) is 20.9. The van der Waals surface area contributed by atoms with Crippen molar-refractivity contribution in [1.82, 2.24) is 15.0 Å². The molecule has 0 spiro atoms. The molecule has 0 aliphatic heterocycles. The summed E-state index contributed by atoms with van der Waals surface area (Å²) in [6, 6.07) is 3.97. The maximum absolute atomic E-state index is 15.2. The highest BCUT2D eigenvalue weighted by molar-refractivity contribution is 7.93. The molecule has 4 rings (SSSR count). The Morgan fingerprint density at radius 1 is 1.03 bits per heavy atom. The number of thiazole rings is 1. The van der Waals surface area contributed by atoms with E-state index in [1.807, 2.05) is 4.72 Å². The summed E-state index contributed by atoms with van der Waals surface area (Å²) in [5, 5.41) is 1.73. The van der Waals surface area contributed by atoms with Gasteiger partial charge in [-0.15, -0.1) is 0 Å². The van der Waals surface area contributed by atoms with E-state index in [-0.39, 0.29) is 30.5 Å². The van der Waals surface area contributed by atoms with Crippen molar-refractivity contribution in [3.05, 3.63) is 58.1 Å². The molecule has 4 aromatic rings. The van der Waals surface area contributed by atoms with Crippen LogP contribution in [0.2, 0.25) is 10.0 Å². The predicted octanol–water partition coefficient (Wildman–Crippen LogP) is 4.76. The molecule has 0 saturated heterocycles. The number of rotatable bonds is 6. The number of nitrogens with zero attached hydrogens (tertiary/aromatic N) is 3. The maximum atomic E-state index is 15.2. The Morgan fingerprint density at radius 2 is 1.74 bits per heavy atom. The Bertz CT molecular complexity index is 1720. The Balaban J connectivity index is 1.79. The van der Waals surface area contributed by atoms with Gasteiger partial charge >= 0.3 is 0 Å². The van der Waals surface area contributed by atoms with Gasteiger partial charge in [0.05, 0.1) is 15.7 Å². The van der Waals surface area contributed by atoms with Gasteiger partial charge in [-0.05, 0) is 12.1 Å². The first kappa shape index (κ1) is 25.4. The summed E-state index contributed by atoms with van der Waals surface area (Å²) in [7, 11) is -8.31. The summed E-state index contributed by atoms with van der Waals surface area (Å²) < 4.78 is 94.6. The van der Waals surface area contributed by atoms with Crippen molar-refractivity contribution in [3.8, 4) is 0 Å². The van der Waals surface area contributed by atoms with Gasteiger partial charge in [0.15, 0.2) is 23.3 Å². The highest BCUT2D eigenvalue weighted by atomic mass is 35.5. The van der Waals surface area contributed by atoms with Crippen molar-refractivity contribution in [2.75, 3.05) is 16.3 Å². The molecular formula is C18H10Cl2F3N5O4S3. The van der Waals surface area contributed by atoms with E-state index in [1.54, 1.807) is 0 Å². The summed E-state index contributed by atoms with van der Waals surface area (Å²) in [4.78, 5) is 11.0. The van der Waals surface area contributed by atoms with Gasteiger partial charge in [-0.2, -0.15) is 0 Å². The lowest BCUT2D eigenvalue weighted by Crippen LogP contribution is -2.16. The molecule has 17 heteroatoms. The summed E-state index contributed by atoms with van der Waals surface area (Å²) in [6.07, 6.45) is 1.87. The number of anilines is 3. The normalized spacial score (nSPS) is 12.2. The first-order valence-electron chi connectivity index (χ1n) is 9.02. The molecule has 0 fully saturated rings. The third-order valence-corrected chi connectivity index (χ3v) is 9.32. The minimum Gasteiger partial charge on any atom is -0.333 e. The molecule has 0 amide bonds. The second-order valence-corrected chi connectivity index (χ2v) is 12.4. The lowest BCUT2D eigenvalue weighted by Gasteiger charge is -2.15. The zero-order chi connectivity index (χ0) is 25.7. The number of sulfonamides is 1. The van der Waals surface area contributed by atoms with Gasteiger partial charge in [0, 0.05) is 12.3 Å². The van der Waals surface area contributed by atoms with Gasteiger partial charge in [-0.25, -0.2) is 45.0 Å². The van der Waals surface area contributed by atoms with Crippen LogP contribution >= 0.6 is 34.5 Å². The molecule has 0 aliphatic rings. The van der Waals surface area contributed by atoms with E-state index in [2.05, 4.69) is 20.3 Å². The molecule has 0 atom stereocenters. The quantitative estimate of drug-likeness (QED) is 0.311. The van der Waals surface area contributed by atoms with Crippen LogP contribution in [0.25, 0.3) is 10.3 Å². The SMILES string of the molecule is CS(=O)(=O)c1nc2c(Nc3c(F)c(F)cc(NS(=O)(=O)c4cccc(Cl)c4Cl)c3F)ncnc2s1. The lowest BCUT2D eigenvalue weighted by molar-refractivity contribution is 0.501. The van der Waals surface area contributed by atoms with Crippen molar-refractivity contribution < 1.29 is 30.0 Å². The van der Waals surface area contributed by atoms with Gasteiger partial charge in [-0.1, -0.05) is 40.6 Å². The molecule has 2 N–H and O–H groups in total. The van der Waals surface area contributed by atoms with Crippen LogP contribution in [0.3, 0.4) is 0 Å². The van der Waals surface area contributed by atoms with Crippen molar-refractivity contribution >= 4 is 81.9 Å². The molecule has 0 aliphatic carbocycles. The van der Waals surface area contributed by atoms with Gasteiger partial charge in [0.2, 0.25) is 14.2 Å². The van der Waals surface area contributed by atoms with Gasteiger partial charge in [-0.3, -0.25) is 4.72 Å². The van der Waals surface area contributed by atoms with Gasteiger partial charge < -0.3 is 5.32 Å². The number of fused-ring (bicyclic) bond motifs is 1. The second-order valence-electron chi connectivity index (χ2n) is 6.82. The molecule has 0 bridgehead atoms. The van der Waals surface area contributed by atoms with Crippen LogP contribution in [0.1, 0.15) is 0 Å². The Hall–Kier alpha value is -2.72. The standard InChI is InChI=1S/C18H10Cl2F3N5O4S3/c1-34(29,30)18-27-15-16(24-6-25-17(15)33-18)26-14-12(22)8(21)5-9(13(14)23)28-35(31,32)10-4-2-3-7(19)11(10)20/h2-6,28H,1H3,(H,24,25,26). The van der Waals surface area contributed by atoms with E-state index in [0.717, 1.165) is 18.6 Å². The highest BCUT2D eigenvalue weighted by Crippen LogP contribution is 2.36. The number of halogens is 5. The Labute approximate surface area is 209 Å². The van der Waals surface area contributed by atoms with Crippen LogP contribution < -0.4 is 10.0 Å². The molecule has 2 aromatic carbocycles. The van der Waals surface area contributed by atoms with Crippen LogP contribution in [-0.2, 0) is 19.9 Å². The molecule has 0 radical (unpaired) electrons. The minimum atomic E-state index is -4.58. The van der Waals surface area contributed by atoms with E-state index in [4.69, 9.17) is 23.2 Å². The van der Waals surface area contributed by atoms with Gasteiger partial charge in [0.25, 0.3) is 10.0 Å². The topological polar surface area (TPSA) is 131 Å². The molecule has 35 heavy (non-hydrogen) atoms. The number of aromatic nitrogens is 3. The predicted molar refractivity (Wildman–Crippen MR) is 125 cm³/mol. The molecule has 184 valence electrons. The van der Waals surface area contributed by atoms with Crippen LogP contribution in [0.4, 0.5) is 30.4 Å². The van der Waals surface area contributed by atoms with Crippen LogP contribution in [0.5, 0.6) is 0 Å². The van der Waals surface area contributed by atoms with E-state index in [0.29, 0.717) is 17.4 Å². The fraction of sp³-hybridized carbons (Fsp3) is 0.0556. The van der Waals surface area contributed by atoms with E-state index in [9.17, 15) is 25.6 Å². The lowest BCUT2D eigenvalue weighted by atomic mass is 10.2. The van der Waals surface area contributed by atoms with Crippen molar-refractivity contribution in [2.45, 2.75) is 9.24 Å². The number of sulfone groups is 1. The van der Waals surface area contributed by atoms with Gasteiger partial charge in [0.1, 0.15) is 27.3 Å². The first-order chi connectivity index (χ1) is 16.3. The molecule has 0 saturated carbocycles. The van der Waals surface area contributed by atoms with Crippen LogP contribution in [0.15, 0.2) is 39.8 Å². The van der Waals surface area contributed by atoms with E-state index < -0.39 is 53.6 Å². The molecule has 2 aromatic heterocycles. The smallest absolute Gasteiger partial charge is 0.263 e. The van der Waals surface area contributed by atoms with Crippen molar-refractivity contribution in [1.29, 1.82) is 0 Å². The number of hydrogen-bond donors (Lipinski definition) is 2. The van der Waals surface area contributed by atoms with Crippen molar-refractivity contribution in [2.24, 2.45) is 0 Å². The number of benzene rings is 2. The maximum Gasteiger partial charge on any atom is 0.263 e. The van der Waals surface area contributed by atoms with E-state index >= 15 is 4.39 Å². The summed E-state index contributed by atoms with van der Waals surface area (Å²) in [5.41, 5.74) is -2.23. The van der Waals surface area contributed by atoms with Crippen LogP contribution in [0, 0.1) is 17.5 Å².